The van der Waals surface area contributed by atoms with Crippen LogP contribution < -0.4 is 11.1 Å². The Hall–Kier alpha value is -1.66. The summed E-state index contributed by atoms with van der Waals surface area (Å²) in [7, 11) is 0. The molecule has 6 heteroatoms. The zero-order valence-corrected chi connectivity index (χ0v) is 12.1. The molecule has 0 radical (unpaired) electrons. The van der Waals surface area contributed by atoms with Crippen molar-refractivity contribution >= 4 is 33.0 Å². The maximum absolute atomic E-state index is 13.7. The van der Waals surface area contributed by atoms with E-state index >= 15 is 0 Å². The third kappa shape index (κ3) is 3.08. The number of halogens is 1. The number of nitrogens with one attached hydrogen (secondary N) is 1. The number of thiophene rings is 1. The number of hydrogen-bond acceptors (Lipinski definition) is 4. The maximum Gasteiger partial charge on any atom is 0.263 e. The lowest BCUT2D eigenvalue weighted by molar-refractivity contribution is 0.0949. The molecule has 20 heavy (non-hydrogen) atoms. The first-order valence-electron chi connectivity index (χ1n) is 6.47. The first-order valence-corrected chi connectivity index (χ1v) is 7.29. The number of carbonyl (C=O) groups excluding carboxylic acids is 1. The van der Waals surface area contributed by atoms with Crippen molar-refractivity contribution in [2.24, 2.45) is 0 Å². The fourth-order valence-electron chi connectivity index (χ4n) is 1.90. The first-order chi connectivity index (χ1) is 9.65. The predicted molar refractivity (Wildman–Crippen MR) is 79.6 cm³/mol. The minimum Gasteiger partial charge on any atom is -0.397 e. The predicted octanol–water partition coefficient (Wildman–Crippen LogP) is 2.78. The summed E-state index contributed by atoms with van der Waals surface area (Å²) in [6, 6.07) is 4.71. The smallest absolute Gasteiger partial charge is 0.263 e. The quantitative estimate of drug-likeness (QED) is 0.806. The van der Waals surface area contributed by atoms with E-state index in [1.54, 1.807) is 12.1 Å². The molecule has 0 saturated heterocycles. The Kier molecular flexibility index (Phi) is 4.92. The average Bonchev–Trinajstić information content (AvgIpc) is 2.77. The van der Waals surface area contributed by atoms with Crippen LogP contribution in [-0.4, -0.2) is 25.7 Å². The summed E-state index contributed by atoms with van der Waals surface area (Å²) in [5, 5.41) is 3.10. The van der Waals surface area contributed by atoms with E-state index in [2.05, 4.69) is 5.32 Å². The number of rotatable bonds is 6. The van der Waals surface area contributed by atoms with Crippen molar-refractivity contribution < 1.29 is 13.9 Å². The molecule has 0 atom stereocenters. The van der Waals surface area contributed by atoms with Crippen molar-refractivity contribution in [1.82, 2.24) is 5.32 Å². The SMILES string of the molecule is CCOCCCNC(=O)c1sc2cccc(F)c2c1N. The molecule has 1 heterocycles. The number of amides is 1. The Labute approximate surface area is 120 Å². The zero-order valence-electron chi connectivity index (χ0n) is 11.2. The van der Waals surface area contributed by atoms with E-state index in [1.807, 2.05) is 6.92 Å². The Morgan fingerprint density at radius 3 is 3.00 bits per heavy atom. The van der Waals surface area contributed by atoms with E-state index in [0.29, 0.717) is 34.7 Å². The standard InChI is InChI=1S/C14H17FN2O2S/c1-2-19-8-4-7-17-14(18)13-12(16)11-9(15)5-3-6-10(11)20-13/h3,5-6H,2,4,7-8,16H2,1H3,(H,17,18). The van der Waals surface area contributed by atoms with Crippen molar-refractivity contribution in [2.45, 2.75) is 13.3 Å². The summed E-state index contributed by atoms with van der Waals surface area (Å²) >= 11 is 1.21. The summed E-state index contributed by atoms with van der Waals surface area (Å²) in [6.07, 6.45) is 0.735. The molecule has 0 fully saturated rings. The van der Waals surface area contributed by atoms with Gasteiger partial charge in [-0.3, -0.25) is 4.79 Å². The summed E-state index contributed by atoms with van der Waals surface area (Å²) in [4.78, 5) is 12.4. The van der Waals surface area contributed by atoms with Crippen LogP contribution in [0.3, 0.4) is 0 Å². The highest BCUT2D eigenvalue weighted by Crippen LogP contribution is 2.35. The molecule has 3 N–H and O–H groups in total. The van der Waals surface area contributed by atoms with Crippen molar-refractivity contribution in [1.29, 1.82) is 0 Å². The van der Waals surface area contributed by atoms with Gasteiger partial charge in [-0.25, -0.2) is 4.39 Å². The molecule has 1 aromatic heterocycles. The van der Waals surface area contributed by atoms with E-state index in [-0.39, 0.29) is 11.6 Å². The zero-order chi connectivity index (χ0) is 14.5. The number of carbonyl (C=O) groups is 1. The Balaban J connectivity index is 2.07. The largest absolute Gasteiger partial charge is 0.397 e. The molecule has 1 aromatic carbocycles. The van der Waals surface area contributed by atoms with Gasteiger partial charge in [0.1, 0.15) is 10.7 Å². The van der Waals surface area contributed by atoms with Crippen LogP contribution in [0.1, 0.15) is 23.0 Å². The van der Waals surface area contributed by atoms with Gasteiger partial charge in [-0.05, 0) is 25.5 Å². The third-order valence-electron chi connectivity index (χ3n) is 2.86. The minimum absolute atomic E-state index is 0.213. The number of benzene rings is 1. The van der Waals surface area contributed by atoms with Gasteiger partial charge in [-0.15, -0.1) is 11.3 Å². The van der Waals surface area contributed by atoms with Crippen molar-refractivity contribution in [3.63, 3.8) is 0 Å². The van der Waals surface area contributed by atoms with E-state index in [4.69, 9.17) is 10.5 Å². The molecule has 4 nitrogen and oxygen atoms in total. The maximum atomic E-state index is 13.7. The number of ether oxygens (including phenoxy) is 1. The van der Waals surface area contributed by atoms with Gasteiger partial charge in [0, 0.05) is 24.5 Å². The van der Waals surface area contributed by atoms with Crippen LogP contribution >= 0.6 is 11.3 Å². The number of nitrogen functional groups attached to an aromatic ring is 1. The number of nitrogens with two attached hydrogens (primary N) is 1. The molecule has 0 aliphatic carbocycles. The van der Waals surface area contributed by atoms with Crippen LogP contribution in [0.2, 0.25) is 0 Å². The van der Waals surface area contributed by atoms with Gasteiger partial charge in [0.25, 0.3) is 5.91 Å². The average molecular weight is 296 g/mol. The second-order valence-electron chi connectivity index (χ2n) is 4.26. The monoisotopic (exact) mass is 296 g/mol. The number of fused-ring (bicyclic) bond motifs is 1. The minimum atomic E-state index is -0.397. The fourth-order valence-corrected chi connectivity index (χ4v) is 2.95. The van der Waals surface area contributed by atoms with E-state index in [1.165, 1.54) is 17.4 Å². The van der Waals surface area contributed by atoms with Gasteiger partial charge in [0.2, 0.25) is 0 Å². The molecule has 2 aromatic rings. The third-order valence-corrected chi connectivity index (χ3v) is 4.03. The van der Waals surface area contributed by atoms with Crippen molar-refractivity contribution in [3.05, 3.63) is 28.9 Å². The molecular weight excluding hydrogens is 279 g/mol. The van der Waals surface area contributed by atoms with Gasteiger partial charge in [-0.1, -0.05) is 6.07 Å². The molecule has 0 bridgehead atoms. The number of anilines is 1. The Morgan fingerprint density at radius 2 is 2.30 bits per heavy atom. The summed E-state index contributed by atoms with van der Waals surface area (Å²) in [5.74, 6) is -0.661. The van der Waals surface area contributed by atoms with Crippen LogP contribution in [0.15, 0.2) is 18.2 Å². The molecule has 0 saturated carbocycles. The van der Waals surface area contributed by atoms with E-state index in [9.17, 15) is 9.18 Å². The normalized spacial score (nSPS) is 10.9. The van der Waals surface area contributed by atoms with Gasteiger partial charge in [-0.2, -0.15) is 0 Å². The highest BCUT2D eigenvalue weighted by molar-refractivity contribution is 7.21. The second-order valence-corrected chi connectivity index (χ2v) is 5.32. The lowest BCUT2D eigenvalue weighted by atomic mass is 10.2. The topological polar surface area (TPSA) is 64.3 Å². The van der Waals surface area contributed by atoms with Crippen molar-refractivity contribution in [3.8, 4) is 0 Å². The number of hydrogen-bond donors (Lipinski definition) is 2. The lowest BCUT2D eigenvalue weighted by Gasteiger charge is -2.04. The molecule has 1 amide bonds. The fraction of sp³-hybridized carbons (Fsp3) is 0.357. The van der Waals surface area contributed by atoms with Crippen LogP contribution in [0.25, 0.3) is 10.1 Å². The molecule has 2 rings (SSSR count). The Bertz CT molecular complexity index is 612. The molecule has 0 aliphatic rings. The lowest BCUT2D eigenvalue weighted by Crippen LogP contribution is -2.25. The van der Waals surface area contributed by atoms with E-state index in [0.717, 1.165) is 6.42 Å². The van der Waals surface area contributed by atoms with Crippen LogP contribution in [0.5, 0.6) is 0 Å². The summed E-state index contributed by atoms with van der Waals surface area (Å²) in [6.45, 7) is 3.70. The summed E-state index contributed by atoms with van der Waals surface area (Å²) < 4.78 is 19.6. The molecule has 0 unspecified atom stereocenters. The molecule has 0 spiro atoms. The summed E-state index contributed by atoms with van der Waals surface area (Å²) in [5.41, 5.74) is 6.09. The Morgan fingerprint density at radius 1 is 1.50 bits per heavy atom. The molecular formula is C14H17FN2O2S. The van der Waals surface area contributed by atoms with Gasteiger partial charge >= 0.3 is 0 Å². The van der Waals surface area contributed by atoms with Crippen molar-refractivity contribution in [2.75, 3.05) is 25.5 Å². The van der Waals surface area contributed by atoms with Crippen LogP contribution in [-0.2, 0) is 4.74 Å². The first kappa shape index (κ1) is 14.7. The van der Waals surface area contributed by atoms with Gasteiger partial charge in [0.05, 0.1) is 11.1 Å². The van der Waals surface area contributed by atoms with Crippen LogP contribution in [0, 0.1) is 5.82 Å². The second kappa shape index (κ2) is 6.67. The van der Waals surface area contributed by atoms with E-state index < -0.39 is 5.82 Å². The van der Waals surface area contributed by atoms with Crippen LogP contribution in [0.4, 0.5) is 10.1 Å². The highest BCUT2D eigenvalue weighted by atomic mass is 32.1. The van der Waals surface area contributed by atoms with Gasteiger partial charge < -0.3 is 15.8 Å². The van der Waals surface area contributed by atoms with Gasteiger partial charge in [0.15, 0.2) is 0 Å². The molecule has 0 aliphatic heterocycles. The molecule has 108 valence electrons. The highest BCUT2D eigenvalue weighted by Gasteiger charge is 2.18.